The van der Waals surface area contributed by atoms with Gasteiger partial charge in [-0.2, -0.15) is 0 Å². The first-order chi connectivity index (χ1) is 10.6. The standard InChI is InChI=1S/C17H23Cl2FN2.ClH/c1-2-3-4-5-6-15(22-11-9-21-10-12-22)16-13(18)7-8-14(19)17(16)20;/h2,7-8,15,21H,1,3-6,9-12H2;1H/t15-;/m0./s1. The summed E-state index contributed by atoms with van der Waals surface area (Å²) < 4.78 is 14.6. The first-order valence-corrected chi connectivity index (χ1v) is 8.59. The molecule has 1 aromatic carbocycles. The van der Waals surface area contributed by atoms with Crippen LogP contribution in [0.1, 0.15) is 37.3 Å². The Kier molecular flexibility index (Phi) is 9.48. The van der Waals surface area contributed by atoms with E-state index in [0.717, 1.165) is 51.9 Å². The summed E-state index contributed by atoms with van der Waals surface area (Å²) in [5.41, 5.74) is 0.551. The van der Waals surface area contributed by atoms with Gasteiger partial charge in [-0.3, -0.25) is 4.90 Å². The zero-order valence-electron chi connectivity index (χ0n) is 13.2. The molecule has 6 heteroatoms. The summed E-state index contributed by atoms with van der Waals surface area (Å²) in [6.45, 7) is 7.38. The van der Waals surface area contributed by atoms with Gasteiger partial charge in [0.15, 0.2) is 0 Å². The van der Waals surface area contributed by atoms with Crippen LogP contribution < -0.4 is 5.32 Å². The maximum absolute atomic E-state index is 14.6. The van der Waals surface area contributed by atoms with Gasteiger partial charge in [0.1, 0.15) is 5.82 Å². The Hall–Kier alpha value is -0.320. The van der Waals surface area contributed by atoms with Crippen LogP contribution in [-0.2, 0) is 0 Å². The molecule has 0 aromatic heterocycles. The summed E-state index contributed by atoms with van der Waals surface area (Å²) in [4.78, 5) is 2.31. The maximum Gasteiger partial charge on any atom is 0.148 e. The molecule has 1 heterocycles. The molecule has 0 unspecified atom stereocenters. The predicted molar refractivity (Wildman–Crippen MR) is 99.5 cm³/mol. The fourth-order valence-electron chi connectivity index (χ4n) is 2.98. The quantitative estimate of drug-likeness (QED) is 0.394. The van der Waals surface area contributed by atoms with Crippen molar-refractivity contribution in [2.75, 3.05) is 26.2 Å². The molecule has 1 fully saturated rings. The van der Waals surface area contributed by atoms with Crippen LogP contribution >= 0.6 is 35.6 Å². The minimum Gasteiger partial charge on any atom is -0.314 e. The van der Waals surface area contributed by atoms with E-state index >= 15 is 0 Å². The van der Waals surface area contributed by atoms with Crippen molar-refractivity contribution in [2.45, 2.75) is 31.7 Å². The highest BCUT2D eigenvalue weighted by Gasteiger charge is 2.27. The molecule has 1 atom stereocenters. The third-order valence-corrected chi connectivity index (χ3v) is 4.76. The lowest BCUT2D eigenvalue weighted by Gasteiger charge is -2.36. The molecule has 1 aliphatic rings. The van der Waals surface area contributed by atoms with Crippen LogP contribution in [-0.4, -0.2) is 31.1 Å². The number of piperazine rings is 1. The highest BCUT2D eigenvalue weighted by Crippen LogP contribution is 2.36. The third-order valence-electron chi connectivity index (χ3n) is 4.14. The van der Waals surface area contributed by atoms with E-state index < -0.39 is 0 Å². The van der Waals surface area contributed by atoms with Crippen molar-refractivity contribution in [3.8, 4) is 0 Å². The Balaban J connectivity index is 0.00000264. The van der Waals surface area contributed by atoms with Gasteiger partial charge in [-0.1, -0.05) is 35.7 Å². The average Bonchev–Trinajstić information content (AvgIpc) is 2.54. The molecule has 1 aliphatic heterocycles. The van der Waals surface area contributed by atoms with E-state index in [1.165, 1.54) is 6.07 Å². The Labute approximate surface area is 154 Å². The van der Waals surface area contributed by atoms with Gasteiger partial charge in [-0.05, 0) is 31.4 Å². The van der Waals surface area contributed by atoms with Crippen LogP contribution in [0.15, 0.2) is 24.8 Å². The van der Waals surface area contributed by atoms with Gasteiger partial charge in [0.25, 0.3) is 0 Å². The van der Waals surface area contributed by atoms with E-state index in [4.69, 9.17) is 23.2 Å². The SMILES string of the molecule is C=CCCCC[C@@H](c1c(Cl)ccc(Cl)c1F)N1CCNCC1.Cl. The first-order valence-electron chi connectivity index (χ1n) is 7.84. The molecule has 0 spiro atoms. The van der Waals surface area contributed by atoms with E-state index in [0.29, 0.717) is 10.6 Å². The molecule has 130 valence electrons. The molecule has 0 bridgehead atoms. The summed E-state index contributed by atoms with van der Waals surface area (Å²) >= 11 is 12.3. The number of hydrogen-bond acceptors (Lipinski definition) is 2. The van der Waals surface area contributed by atoms with Crippen molar-refractivity contribution >= 4 is 35.6 Å². The van der Waals surface area contributed by atoms with Crippen molar-refractivity contribution in [2.24, 2.45) is 0 Å². The third kappa shape index (κ3) is 5.61. The Bertz CT molecular complexity index is 505. The van der Waals surface area contributed by atoms with Gasteiger partial charge >= 0.3 is 0 Å². The van der Waals surface area contributed by atoms with Gasteiger partial charge in [-0.25, -0.2) is 4.39 Å². The number of halogens is 4. The minimum absolute atomic E-state index is 0. The van der Waals surface area contributed by atoms with Crippen molar-refractivity contribution in [1.29, 1.82) is 0 Å². The van der Waals surface area contributed by atoms with Crippen molar-refractivity contribution < 1.29 is 4.39 Å². The topological polar surface area (TPSA) is 15.3 Å². The largest absolute Gasteiger partial charge is 0.314 e. The Morgan fingerprint density at radius 1 is 1.22 bits per heavy atom. The van der Waals surface area contributed by atoms with E-state index in [1.54, 1.807) is 6.07 Å². The molecular formula is C17H24Cl3FN2. The number of hydrogen-bond donors (Lipinski definition) is 1. The Morgan fingerprint density at radius 3 is 2.52 bits per heavy atom. The normalized spacial score (nSPS) is 16.7. The molecule has 0 aliphatic carbocycles. The van der Waals surface area contributed by atoms with Crippen LogP contribution in [0.2, 0.25) is 10.0 Å². The van der Waals surface area contributed by atoms with Crippen LogP contribution in [0.5, 0.6) is 0 Å². The molecule has 1 aromatic rings. The fourth-order valence-corrected chi connectivity index (χ4v) is 3.41. The zero-order chi connectivity index (χ0) is 15.9. The van der Waals surface area contributed by atoms with Crippen LogP contribution in [0.25, 0.3) is 0 Å². The first kappa shape index (κ1) is 20.7. The lowest BCUT2D eigenvalue weighted by Crippen LogP contribution is -2.45. The molecule has 0 radical (unpaired) electrons. The number of allylic oxidation sites excluding steroid dienone is 1. The predicted octanol–water partition coefficient (Wildman–Crippen LogP) is 5.25. The second-order valence-electron chi connectivity index (χ2n) is 5.63. The molecule has 2 nitrogen and oxygen atoms in total. The lowest BCUT2D eigenvalue weighted by molar-refractivity contribution is 0.160. The highest BCUT2D eigenvalue weighted by molar-refractivity contribution is 6.33. The number of unbranched alkanes of at least 4 members (excludes halogenated alkanes) is 2. The van der Waals surface area contributed by atoms with Gasteiger partial charge < -0.3 is 5.32 Å². The summed E-state index contributed by atoms with van der Waals surface area (Å²) in [6.07, 6.45) is 5.87. The van der Waals surface area contributed by atoms with Gasteiger partial charge in [0.2, 0.25) is 0 Å². The molecule has 23 heavy (non-hydrogen) atoms. The number of benzene rings is 1. The molecular weight excluding hydrogens is 358 g/mol. The fraction of sp³-hybridized carbons (Fsp3) is 0.529. The van der Waals surface area contributed by atoms with Crippen molar-refractivity contribution in [1.82, 2.24) is 10.2 Å². The average molecular weight is 382 g/mol. The van der Waals surface area contributed by atoms with E-state index in [2.05, 4.69) is 16.8 Å². The molecule has 1 N–H and O–H groups in total. The highest BCUT2D eigenvalue weighted by atomic mass is 35.5. The zero-order valence-corrected chi connectivity index (χ0v) is 15.5. The van der Waals surface area contributed by atoms with E-state index in [-0.39, 0.29) is 29.3 Å². The van der Waals surface area contributed by atoms with E-state index in [9.17, 15) is 4.39 Å². The lowest BCUT2D eigenvalue weighted by atomic mass is 9.97. The summed E-state index contributed by atoms with van der Waals surface area (Å²) in [5, 5.41) is 3.94. The maximum atomic E-state index is 14.6. The van der Waals surface area contributed by atoms with Gasteiger partial charge in [0, 0.05) is 42.8 Å². The molecule has 0 saturated carbocycles. The van der Waals surface area contributed by atoms with Gasteiger partial charge in [-0.15, -0.1) is 19.0 Å². The second-order valence-corrected chi connectivity index (χ2v) is 6.45. The monoisotopic (exact) mass is 380 g/mol. The number of rotatable bonds is 7. The van der Waals surface area contributed by atoms with Gasteiger partial charge in [0.05, 0.1) is 5.02 Å². The van der Waals surface area contributed by atoms with Crippen molar-refractivity contribution in [3.63, 3.8) is 0 Å². The number of nitrogens with zero attached hydrogens (tertiary/aromatic N) is 1. The smallest absolute Gasteiger partial charge is 0.148 e. The molecule has 2 rings (SSSR count). The second kappa shape index (κ2) is 10.5. The molecule has 0 amide bonds. The van der Waals surface area contributed by atoms with Crippen LogP contribution in [0, 0.1) is 5.82 Å². The number of nitrogens with one attached hydrogen (secondary N) is 1. The summed E-state index contributed by atoms with van der Waals surface area (Å²) in [5.74, 6) is -0.374. The summed E-state index contributed by atoms with van der Waals surface area (Å²) in [7, 11) is 0. The van der Waals surface area contributed by atoms with Crippen LogP contribution in [0.3, 0.4) is 0 Å². The molecule has 1 saturated heterocycles. The van der Waals surface area contributed by atoms with Crippen LogP contribution in [0.4, 0.5) is 4.39 Å². The van der Waals surface area contributed by atoms with Crippen molar-refractivity contribution in [3.05, 3.63) is 46.2 Å². The summed E-state index contributed by atoms with van der Waals surface area (Å²) in [6, 6.07) is 3.20. The minimum atomic E-state index is -0.374. The Morgan fingerprint density at radius 2 is 1.87 bits per heavy atom. The van der Waals surface area contributed by atoms with E-state index in [1.807, 2.05) is 6.08 Å².